The summed E-state index contributed by atoms with van der Waals surface area (Å²) in [5, 5.41) is 11.5. The molecule has 1 aliphatic carbocycles. The Morgan fingerprint density at radius 2 is 1.46 bits per heavy atom. The van der Waals surface area contributed by atoms with Gasteiger partial charge in [0.05, 0.1) is 17.7 Å². The van der Waals surface area contributed by atoms with Crippen LogP contribution in [0.25, 0.3) is 11.0 Å². The van der Waals surface area contributed by atoms with E-state index in [4.69, 9.17) is 9.97 Å². The van der Waals surface area contributed by atoms with Crippen LogP contribution in [0.5, 0.6) is 0 Å². The third kappa shape index (κ3) is 5.57. The molecule has 5 heteroatoms. The van der Waals surface area contributed by atoms with Gasteiger partial charge in [-0.05, 0) is 49.8 Å². The molecule has 1 aliphatic rings. The largest absolute Gasteiger partial charge is 0.388 e. The van der Waals surface area contributed by atoms with Crippen molar-refractivity contribution in [3.05, 3.63) is 88.9 Å². The minimum Gasteiger partial charge on any atom is -0.388 e. The summed E-state index contributed by atoms with van der Waals surface area (Å²) in [4.78, 5) is 12.8. The smallest absolute Gasteiger partial charge is 0.157 e. The van der Waals surface area contributed by atoms with Gasteiger partial charge in [-0.2, -0.15) is 0 Å². The first-order valence-corrected chi connectivity index (χ1v) is 13.9. The van der Waals surface area contributed by atoms with E-state index in [1.165, 1.54) is 17.5 Å². The van der Waals surface area contributed by atoms with Crippen LogP contribution < -0.4 is 4.90 Å². The van der Waals surface area contributed by atoms with Crippen LogP contribution in [0.15, 0.2) is 60.7 Å². The summed E-state index contributed by atoms with van der Waals surface area (Å²) in [5.74, 6) is 1.99. The number of benzene rings is 2. The van der Waals surface area contributed by atoms with Crippen LogP contribution in [0.1, 0.15) is 73.7 Å². The maximum atomic E-state index is 11.5. The van der Waals surface area contributed by atoms with Gasteiger partial charge in [0.15, 0.2) is 5.82 Å². The third-order valence-corrected chi connectivity index (χ3v) is 7.87. The maximum absolute atomic E-state index is 11.5. The number of hydrogen-bond donors (Lipinski definition) is 1. The molecule has 0 atom stereocenters. The van der Waals surface area contributed by atoms with Gasteiger partial charge < -0.3 is 14.6 Å². The van der Waals surface area contributed by atoms with E-state index in [-0.39, 0.29) is 0 Å². The van der Waals surface area contributed by atoms with Gasteiger partial charge in [0.25, 0.3) is 0 Å². The molecule has 0 saturated heterocycles. The van der Waals surface area contributed by atoms with Crippen molar-refractivity contribution in [3.63, 3.8) is 0 Å². The van der Waals surface area contributed by atoms with Gasteiger partial charge in [-0.25, -0.2) is 9.97 Å². The summed E-state index contributed by atoms with van der Waals surface area (Å²) in [5.41, 5.74) is 6.11. The van der Waals surface area contributed by atoms with Gasteiger partial charge in [-0.15, -0.1) is 0 Å². The third-order valence-electron chi connectivity index (χ3n) is 7.87. The van der Waals surface area contributed by atoms with Crippen molar-refractivity contribution < 1.29 is 5.11 Å². The number of rotatable bonds is 9. The highest BCUT2D eigenvalue weighted by molar-refractivity contribution is 5.90. The molecule has 5 rings (SSSR count). The fraction of sp³-hybridized carbons (Fsp3) is 0.438. The Morgan fingerprint density at radius 3 is 2.03 bits per heavy atom. The monoisotopic (exact) mass is 496 g/mol. The standard InChI is InChI=1S/C32H40N4O/c1-4-14-28-34-29-30(36(28)23-32(37)19-12-7-13-20-32)24(2)25(3)33-31(29)35(21-26-15-8-5-9-16-26)22-27-17-10-6-11-18-27/h5-6,8-11,15-18,37H,4,7,12-14,19-23H2,1-3H3. The van der Waals surface area contributed by atoms with Crippen molar-refractivity contribution in [2.24, 2.45) is 0 Å². The lowest BCUT2D eigenvalue weighted by Gasteiger charge is -2.33. The minimum absolute atomic E-state index is 0.611. The summed E-state index contributed by atoms with van der Waals surface area (Å²) in [6.07, 6.45) is 7.04. The molecule has 1 fully saturated rings. The number of imidazole rings is 1. The Labute approximate surface area is 221 Å². The molecule has 2 aromatic carbocycles. The van der Waals surface area contributed by atoms with Gasteiger partial charge >= 0.3 is 0 Å². The highest BCUT2D eigenvalue weighted by Crippen LogP contribution is 2.36. The number of aryl methyl sites for hydroxylation is 3. The van der Waals surface area contributed by atoms with Crippen LogP contribution in [0.2, 0.25) is 0 Å². The fourth-order valence-corrected chi connectivity index (χ4v) is 5.78. The molecule has 0 bridgehead atoms. The number of aromatic nitrogens is 3. The van der Waals surface area contributed by atoms with E-state index in [2.05, 4.69) is 90.9 Å². The van der Waals surface area contributed by atoms with Crippen LogP contribution >= 0.6 is 0 Å². The van der Waals surface area contributed by atoms with Crippen LogP contribution in [0, 0.1) is 13.8 Å². The molecule has 1 N–H and O–H groups in total. The highest BCUT2D eigenvalue weighted by atomic mass is 16.3. The summed E-state index contributed by atoms with van der Waals surface area (Å²) < 4.78 is 2.33. The highest BCUT2D eigenvalue weighted by Gasteiger charge is 2.32. The first kappa shape index (κ1) is 25.5. The number of nitrogens with zero attached hydrogens (tertiary/aromatic N) is 4. The van der Waals surface area contributed by atoms with Crippen LogP contribution in [-0.2, 0) is 26.1 Å². The van der Waals surface area contributed by atoms with Gasteiger partial charge in [0.1, 0.15) is 11.3 Å². The Kier molecular flexibility index (Phi) is 7.61. The lowest BCUT2D eigenvalue weighted by Crippen LogP contribution is -2.36. The maximum Gasteiger partial charge on any atom is 0.157 e. The molecule has 0 radical (unpaired) electrons. The van der Waals surface area contributed by atoms with Crippen molar-refractivity contribution in [2.45, 2.75) is 91.0 Å². The lowest BCUT2D eigenvalue weighted by atomic mass is 9.84. The van der Waals surface area contributed by atoms with Crippen molar-refractivity contribution in [3.8, 4) is 0 Å². The van der Waals surface area contributed by atoms with Crippen LogP contribution in [-0.4, -0.2) is 25.2 Å². The second-order valence-corrected chi connectivity index (χ2v) is 10.8. The number of aliphatic hydroxyl groups is 1. The zero-order chi connectivity index (χ0) is 25.8. The number of pyridine rings is 1. The van der Waals surface area contributed by atoms with E-state index >= 15 is 0 Å². The average Bonchev–Trinajstić information content (AvgIpc) is 3.25. The van der Waals surface area contributed by atoms with E-state index in [0.717, 1.165) is 85.5 Å². The van der Waals surface area contributed by atoms with Gasteiger partial charge in [0, 0.05) is 25.2 Å². The molecule has 194 valence electrons. The van der Waals surface area contributed by atoms with E-state index in [9.17, 15) is 5.11 Å². The molecular formula is C32H40N4O. The van der Waals surface area contributed by atoms with Gasteiger partial charge in [-0.3, -0.25) is 0 Å². The molecule has 0 unspecified atom stereocenters. The van der Waals surface area contributed by atoms with Gasteiger partial charge in [0.2, 0.25) is 0 Å². The van der Waals surface area contributed by atoms with Gasteiger partial charge in [-0.1, -0.05) is 86.8 Å². The number of hydrogen-bond acceptors (Lipinski definition) is 4. The number of fused-ring (bicyclic) bond motifs is 1. The van der Waals surface area contributed by atoms with Crippen molar-refractivity contribution in [1.29, 1.82) is 0 Å². The Balaban J connectivity index is 1.65. The zero-order valence-electron chi connectivity index (χ0n) is 22.6. The second kappa shape index (κ2) is 11.1. The predicted octanol–water partition coefficient (Wildman–Crippen LogP) is 6.90. The molecule has 1 saturated carbocycles. The van der Waals surface area contributed by atoms with Crippen LogP contribution in [0.3, 0.4) is 0 Å². The molecule has 5 nitrogen and oxygen atoms in total. The molecule has 0 spiro atoms. The van der Waals surface area contributed by atoms with E-state index < -0.39 is 5.60 Å². The zero-order valence-corrected chi connectivity index (χ0v) is 22.6. The molecule has 4 aromatic rings. The summed E-state index contributed by atoms with van der Waals surface area (Å²) in [6, 6.07) is 21.2. The second-order valence-electron chi connectivity index (χ2n) is 10.8. The first-order valence-electron chi connectivity index (χ1n) is 13.9. The molecule has 0 amide bonds. The van der Waals surface area contributed by atoms with E-state index in [0.29, 0.717) is 6.54 Å². The Morgan fingerprint density at radius 1 is 0.865 bits per heavy atom. The first-order chi connectivity index (χ1) is 18.0. The quantitative estimate of drug-likeness (QED) is 0.274. The average molecular weight is 497 g/mol. The number of anilines is 1. The van der Waals surface area contributed by atoms with Crippen LogP contribution in [0.4, 0.5) is 5.82 Å². The van der Waals surface area contributed by atoms with Crippen molar-refractivity contribution in [1.82, 2.24) is 14.5 Å². The summed E-state index contributed by atoms with van der Waals surface area (Å²) in [7, 11) is 0. The van der Waals surface area contributed by atoms with E-state index in [1.54, 1.807) is 0 Å². The fourth-order valence-electron chi connectivity index (χ4n) is 5.78. The molecule has 2 heterocycles. The molecule has 37 heavy (non-hydrogen) atoms. The lowest BCUT2D eigenvalue weighted by molar-refractivity contribution is -0.0112. The molecule has 2 aromatic heterocycles. The van der Waals surface area contributed by atoms with Crippen molar-refractivity contribution >= 4 is 16.9 Å². The molecule has 0 aliphatic heterocycles. The molecular weight excluding hydrogens is 456 g/mol. The normalized spacial score (nSPS) is 15.2. The Bertz CT molecular complexity index is 1280. The minimum atomic E-state index is -0.661. The topological polar surface area (TPSA) is 54.2 Å². The van der Waals surface area contributed by atoms with Crippen molar-refractivity contribution in [2.75, 3.05) is 4.90 Å². The van der Waals surface area contributed by atoms with E-state index in [1.807, 2.05) is 0 Å². The SMILES string of the molecule is CCCc1nc2c(N(Cc3ccccc3)Cc3ccccc3)nc(C)c(C)c2n1CC1(O)CCCCC1. The summed E-state index contributed by atoms with van der Waals surface area (Å²) in [6.45, 7) is 8.58. The summed E-state index contributed by atoms with van der Waals surface area (Å²) >= 11 is 0. The predicted molar refractivity (Wildman–Crippen MR) is 152 cm³/mol. The Hall–Kier alpha value is -3.18.